The van der Waals surface area contributed by atoms with Crippen LogP contribution in [0.4, 0.5) is 4.39 Å². The normalized spacial score (nSPS) is 13.6. The van der Waals surface area contributed by atoms with E-state index < -0.39 is 22.9 Å². The number of hydrogen-bond acceptors (Lipinski definition) is 3. The van der Waals surface area contributed by atoms with Gasteiger partial charge < -0.3 is 14.6 Å². The number of alkyl halides is 1. The Morgan fingerprint density at radius 3 is 2.77 bits per heavy atom. The number of carbonyl (C=O) groups is 1. The molecule has 0 aliphatic rings. The first-order valence-electron chi connectivity index (χ1n) is 6.70. The Balaban J connectivity index is 2.95. The Morgan fingerprint density at radius 2 is 2.18 bits per heavy atom. The molecule has 0 saturated carbocycles. The topological polar surface area (TPSA) is 55.8 Å². The molecule has 0 bridgehead atoms. The molecule has 1 aromatic rings. The average molecular weight is 373 g/mol. The van der Waals surface area contributed by atoms with Gasteiger partial charge in [-0.3, -0.25) is 4.79 Å². The van der Waals surface area contributed by atoms with Crippen molar-refractivity contribution in [1.82, 2.24) is 0 Å². The Hall–Kier alpha value is -1.82. The van der Waals surface area contributed by atoms with Crippen molar-refractivity contribution in [1.29, 1.82) is 0 Å². The van der Waals surface area contributed by atoms with Gasteiger partial charge in [0.25, 0.3) is 6.29 Å². The van der Waals surface area contributed by atoms with Gasteiger partial charge in [0.05, 0.1) is 12.7 Å². The lowest BCUT2D eigenvalue weighted by atomic mass is 10.1. The van der Waals surface area contributed by atoms with Gasteiger partial charge in [-0.2, -0.15) is 0 Å². The third kappa shape index (κ3) is 5.89. The molecule has 1 aromatic carbocycles. The van der Waals surface area contributed by atoms with Crippen LogP contribution in [0, 0.1) is 0 Å². The van der Waals surface area contributed by atoms with E-state index >= 15 is 0 Å². The van der Waals surface area contributed by atoms with Crippen molar-refractivity contribution >= 4 is 21.9 Å². The van der Waals surface area contributed by atoms with Crippen molar-refractivity contribution in [3.63, 3.8) is 0 Å². The van der Waals surface area contributed by atoms with Crippen LogP contribution in [0.15, 0.2) is 49.0 Å². The zero-order chi connectivity index (χ0) is 16.5. The molecule has 2 unspecified atom stereocenters. The van der Waals surface area contributed by atoms with Crippen LogP contribution < -0.4 is 4.74 Å². The summed E-state index contributed by atoms with van der Waals surface area (Å²) in [7, 11) is 0. The summed E-state index contributed by atoms with van der Waals surface area (Å²) in [5.74, 6) is -1.30. The number of para-hydroxylation sites is 1. The lowest BCUT2D eigenvalue weighted by Crippen LogP contribution is -2.29. The summed E-state index contributed by atoms with van der Waals surface area (Å²) in [5, 5.41) is 8.91. The molecule has 0 spiro atoms. The number of aliphatic carboxylic acids is 1. The molecule has 0 amide bonds. The standard InChI is InChI=1S/C16H18BrFO4/c1-3-4-9-21-16(15(17)11(2)18)22-13-8-6-5-7-12(13)10-14(19)20/h4-9,15-16H,2-3,10H2,1H3,(H,19,20)/b9-4-. The van der Waals surface area contributed by atoms with Crippen molar-refractivity contribution in [2.24, 2.45) is 0 Å². The number of allylic oxidation sites excluding steroid dienone is 1. The fraction of sp³-hybridized carbons (Fsp3) is 0.312. The molecule has 4 nitrogen and oxygen atoms in total. The molecule has 0 aromatic heterocycles. The van der Waals surface area contributed by atoms with Crippen molar-refractivity contribution in [3.05, 3.63) is 54.6 Å². The fourth-order valence-corrected chi connectivity index (χ4v) is 1.82. The summed E-state index contributed by atoms with van der Waals surface area (Å²) in [6, 6.07) is 6.65. The van der Waals surface area contributed by atoms with Crippen LogP contribution >= 0.6 is 15.9 Å². The van der Waals surface area contributed by atoms with E-state index in [1.807, 2.05) is 6.92 Å². The molecule has 1 rings (SSSR count). The maximum atomic E-state index is 13.3. The molecule has 2 atom stereocenters. The Kier molecular flexibility index (Phi) is 7.66. The molecule has 0 aliphatic carbocycles. The summed E-state index contributed by atoms with van der Waals surface area (Å²) in [5.41, 5.74) is 0.479. The lowest BCUT2D eigenvalue weighted by molar-refractivity contribution is -0.136. The first-order valence-corrected chi connectivity index (χ1v) is 7.62. The van der Waals surface area contributed by atoms with Gasteiger partial charge in [0.15, 0.2) is 0 Å². The summed E-state index contributed by atoms with van der Waals surface area (Å²) >= 11 is 3.12. The molecule has 0 radical (unpaired) electrons. The first-order chi connectivity index (χ1) is 10.5. The number of ether oxygens (including phenoxy) is 2. The van der Waals surface area contributed by atoms with Gasteiger partial charge in [0.1, 0.15) is 16.4 Å². The Labute approximate surface area is 137 Å². The Morgan fingerprint density at radius 1 is 1.50 bits per heavy atom. The van der Waals surface area contributed by atoms with Gasteiger partial charge >= 0.3 is 5.97 Å². The highest BCUT2D eigenvalue weighted by Crippen LogP contribution is 2.26. The van der Waals surface area contributed by atoms with Crippen molar-refractivity contribution in [3.8, 4) is 5.75 Å². The van der Waals surface area contributed by atoms with Gasteiger partial charge in [-0.25, -0.2) is 4.39 Å². The monoisotopic (exact) mass is 372 g/mol. The predicted molar refractivity (Wildman–Crippen MR) is 85.7 cm³/mol. The molecular formula is C16H18BrFO4. The molecule has 1 N–H and O–H groups in total. The van der Waals surface area contributed by atoms with E-state index in [2.05, 4.69) is 22.5 Å². The number of carboxylic acids is 1. The van der Waals surface area contributed by atoms with E-state index in [-0.39, 0.29) is 6.42 Å². The zero-order valence-corrected chi connectivity index (χ0v) is 13.8. The van der Waals surface area contributed by atoms with E-state index in [9.17, 15) is 9.18 Å². The van der Waals surface area contributed by atoms with Gasteiger partial charge in [-0.05, 0) is 18.6 Å². The van der Waals surface area contributed by atoms with Crippen LogP contribution in [0.1, 0.15) is 18.9 Å². The molecule has 0 heterocycles. The van der Waals surface area contributed by atoms with Crippen molar-refractivity contribution in [2.75, 3.05) is 0 Å². The largest absolute Gasteiger partial charge is 0.481 e. The van der Waals surface area contributed by atoms with Gasteiger partial charge in [0, 0.05) is 5.56 Å². The second kappa shape index (κ2) is 9.25. The molecule has 0 aliphatic heterocycles. The van der Waals surface area contributed by atoms with Crippen LogP contribution in [-0.4, -0.2) is 22.2 Å². The van der Waals surface area contributed by atoms with Gasteiger partial charge in [-0.1, -0.05) is 47.6 Å². The molecule has 120 valence electrons. The lowest BCUT2D eigenvalue weighted by Gasteiger charge is -2.23. The summed E-state index contributed by atoms with van der Waals surface area (Å²) < 4.78 is 24.4. The number of halogens is 2. The highest BCUT2D eigenvalue weighted by atomic mass is 79.9. The third-order valence-electron chi connectivity index (χ3n) is 2.64. The third-order valence-corrected chi connectivity index (χ3v) is 3.57. The number of hydrogen-bond donors (Lipinski definition) is 1. The molecular weight excluding hydrogens is 355 g/mol. The molecule has 0 saturated heterocycles. The minimum atomic E-state index is -1.00. The second-order valence-electron chi connectivity index (χ2n) is 4.43. The van der Waals surface area contributed by atoms with Crippen LogP contribution in [0.5, 0.6) is 5.75 Å². The molecule has 0 fully saturated rings. The van der Waals surface area contributed by atoms with Crippen LogP contribution in [0.3, 0.4) is 0 Å². The van der Waals surface area contributed by atoms with Crippen LogP contribution in [0.25, 0.3) is 0 Å². The summed E-state index contributed by atoms with van der Waals surface area (Å²) in [6.45, 7) is 5.15. The van der Waals surface area contributed by atoms with Crippen molar-refractivity contribution < 1.29 is 23.8 Å². The van der Waals surface area contributed by atoms with Crippen LogP contribution in [-0.2, 0) is 16.0 Å². The summed E-state index contributed by atoms with van der Waals surface area (Å²) in [4.78, 5) is 10.00. The highest BCUT2D eigenvalue weighted by Gasteiger charge is 2.25. The zero-order valence-electron chi connectivity index (χ0n) is 12.2. The smallest absolute Gasteiger partial charge is 0.307 e. The van der Waals surface area contributed by atoms with Gasteiger partial charge in [0.2, 0.25) is 0 Å². The SMILES string of the molecule is C=C(F)C(Br)C(O/C=C\CC)Oc1ccccc1CC(=O)O. The van der Waals surface area contributed by atoms with Gasteiger partial charge in [-0.15, -0.1) is 0 Å². The number of benzene rings is 1. The second-order valence-corrected chi connectivity index (χ2v) is 5.42. The number of rotatable bonds is 9. The molecule has 6 heteroatoms. The number of carboxylic acid groups (broad SMARTS) is 1. The van der Waals surface area contributed by atoms with E-state index in [1.165, 1.54) is 6.26 Å². The summed E-state index contributed by atoms with van der Waals surface area (Å²) in [6.07, 6.45) is 2.72. The maximum absolute atomic E-state index is 13.3. The van der Waals surface area contributed by atoms with Crippen molar-refractivity contribution in [2.45, 2.75) is 30.9 Å². The van der Waals surface area contributed by atoms with E-state index in [0.29, 0.717) is 11.3 Å². The minimum Gasteiger partial charge on any atom is -0.481 e. The highest BCUT2D eigenvalue weighted by molar-refractivity contribution is 9.09. The molecule has 22 heavy (non-hydrogen) atoms. The average Bonchev–Trinajstić information content (AvgIpc) is 2.46. The van der Waals surface area contributed by atoms with E-state index in [1.54, 1.807) is 30.3 Å². The fourth-order valence-electron chi connectivity index (χ4n) is 1.59. The van der Waals surface area contributed by atoms with Crippen LogP contribution in [0.2, 0.25) is 0 Å². The maximum Gasteiger partial charge on any atom is 0.307 e. The first kappa shape index (κ1) is 18.2. The van der Waals surface area contributed by atoms with E-state index in [4.69, 9.17) is 14.6 Å². The van der Waals surface area contributed by atoms with E-state index in [0.717, 1.165) is 6.42 Å². The minimum absolute atomic E-state index is 0.197. The Bertz CT molecular complexity index is 545. The predicted octanol–water partition coefficient (Wildman–Crippen LogP) is 4.21. The quantitative estimate of drug-likeness (QED) is 0.400.